The van der Waals surface area contributed by atoms with Crippen molar-refractivity contribution in [3.05, 3.63) is 11.9 Å². The van der Waals surface area contributed by atoms with E-state index in [1.54, 1.807) is 17.9 Å². The zero-order valence-electron chi connectivity index (χ0n) is 12.0. The second-order valence-electron chi connectivity index (χ2n) is 6.06. The first kappa shape index (κ1) is 14.3. The van der Waals surface area contributed by atoms with Crippen LogP contribution in [0.4, 0.5) is 19.3 Å². The molecular formula is C14H20F2N4O. The van der Waals surface area contributed by atoms with Crippen LogP contribution in [0.25, 0.3) is 0 Å². The molecule has 1 atom stereocenters. The van der Waals surface area contributed by atoms with Crippen LogP contribution in [0.3, 0.4) is 0 Å². The van der Waals surface area contributed by atoms with Crippen molar-refractivity contribution in [2.45, 2.75) is 43.9 Å². The van der Waals surface area contributed by atoms with E-state index in [1.165, 1.54) is 0 Å². The average Bonchev–Trinajstić information content (AvgIpc) is 3.10. The van der Waals surface area contributed by atoms with Gasteiger partial charge in [-0.1, -0.05) is 0 Å². The predicted octanol–water partition coefficient (Wildman–Crippen LogP) is 2.85. The Bertz CT molecular complexity index is 539. The van der Waals surface area contributed by atoms with E-state index < -0.39 is 17.9 Å². The minimum absolute atomic E-state index is 0.0118. The number of carbonyl (C=O) groups is 1. The molecule has 0 spiro atoms. The van der Waals surface area contributed by atoms with Crippen molar-refractivity contribution in [1.29, 1.82) is 0 Å². The largest absolute Gasteiger partial charge is 0.337 e. The van der Waals surface area contributed by atoms with Crippen LogP contribution in [-0.4, -0.2) is 28.3 Å². The summed E-state index contributed by atoms with van der Waals surface area (Å²) in [5.74, 6) is -2.98. The van der Waals surface area contributed by atoms with Crippen LogP contribution in [0.2, 0.25) is 0 Å². The number of nitrogens with zero attached hydrogens (tertiary/aromatic N) is 2. The summed E-state index contributed by atoms with van der Waals surface area (Å²) in [4.78, 5) is 11.9. The molecule has 116 valence electrons. The summed E-state index contributed by atoms with van der Waals surface area (Å²) >= 11 is 0. The molecule has 7 heteroatoms. The summed E-state index contributed by atoms with van der Waals surface area (Å²) in [5, 5.41) is 9.62. The van der Waals surface area contributed by atoms with Gasteiger partial charge in [0.05, 0.1) is 11.4 Å². The molecule has 2 aliphatic rings. The molecular weight excluding hydrogens is 278 g/mol. The lowest BCUT2D eigenvalue weighted by molar-refractivity contribution is -0.0348. The summed E-state index contributed by atoms with van der Waals surface area (Å²) in [6, 6.07) is -0.437. The lowest BCUT2D eigenvalue weighted by Crippen LogP contribution is -2.37. The van der Waals surface area contributed by atoms with Crippen molar-refractivity contribution >= 4 is 11.7 Å². The Morgan fingerprint density at radius 3 is 2.86 bits per heavy atom. The maximum atomic E-state index is 13.5. The Kier molecular flexibility index (Phi) is 3.59. The minimum Gasteiger partial charge on any atom is -0.337 e. The van der Waals surface area contributed by atoms with E-state index in [1.807, 2.05) is 0 Å². The molecule has 0 bridgehead atoms. The lowest BCUT2D eigenvalue weighted by Gasteiger charge is -2.19. The van der Waals surface area contributed by atoms with Gasteiger partial charge >= 0.3 is 6.03 Å². The van der Waals surface area contributed by atoms with Gasteiger partial charge in [0.25, 0.3) is 5.92 Å². The third-order valence-electron chi connectivity index (χ3n) is 4.24. The molecule has 3 rings (SSSR count). The number of alkyl halides is 2. The van der Waals surface area contributed by atoms with E-state index in [2.05, 4.69) is 15.7 Å². The molecule has 0 saturated heterocycles. The zero-order chi connectivity index (χ0) is 15.0. The summed E-state index contributed by atoms with van der Waals surface area (Å²) in [6.45, 7) is 0.0118. The lowest BCUT2D eigenvalue weighted by atomic mass is 10.1. The Hall–Kier alpha value is -1.66. The number of urea groups is 1. The molecule has 5 nitrogen and oxygen atoms in total. The van der Waals surface area contributed by atoms with E-state index in [4.69, 9.17) is 0 Å². The Morgan fingerprint density at radius 1 is 1.48 bits per heavy atom. The first-order valence-corrected chi connectivity index (χ1v) is 7.42. The van der Waals surface area contributed by atoms with Crippen LogP contribution in [0.1, 0.15) is 43.7 Å². The van der Waals surface area contributed by atoms with Crippen LogP contribution < -0.4 is 10.6 Å². The number of amides is 2. The highest BCUT2D eigenvalue weighted by Crippen LogP contribution is 2.42. The fraction of sp³-hybridized carbons (Fsp3) is 0.714. The van der Waals surface area contributed by atoms with E-state index >= 15 is 0 Å². The van der Waals surface area contributed by atoms with Crippen LogP contribution in [0.5, 0.6) is 0 Å². The molecule has 21 heavy (non-hydrogen) atoms. The van der Waals surface area contributed by atoms with Gasteiger partial charge in [-0.15, -0.1) is 0 Å². The van der Waals surface area contributed by atoms with E-state index in [9.17, 15) is 13.6 Å². The van der Waals surface area contributed by atoms with E-state index in [-0.39, 0.29) is 13.0 Å². The number of hydrogen-bond acceptors (Lipinski definition) is 2. The number of nitrogens with one attached hydrogen (secondary N) is 2. The number of halogens is 2. The first-order chi connectivity index (χ1) is 9.95. The van der Waals surface area contributed by atoms with Crippen LogP contribution in [0, 0.1) is 5.92 Å². The highest BCUT2D eigenvalue weighted by molar-refractivity contribution is 5.89. The number of aromatic nitrogens is 2. The number of carbonyl (C=O) groups excluding carboxylic acids is 1. The van der Waals surface area contributed by atoms with E-state index in [0.717, 1.165) is 18.5 Å². The average molecular weight is 298 g/mol. The topological polar surface area (TPSA) is 59.0 Å². The van der Waals surface area contributed by atoms with Gasteiger partial charge < -0.3 is 10.6 Å². The van der Waals surface area contributed by atoms with Crippen molar-refractivity contribution in [3.63, 3.8) is 0 Å². The molecule has 0 aliphatic heterocycles. The first-order valence-electron chi connectivity index (χ1n) is 7.42. The predicted molar refractivity (Wildman–Crippen MR) is 74.5 cm³/mol. The fourth-order valence-electron chi connectivity index (χ4n) is 2.89. The van der Waals surface area contributed by atoms with Crippen LogP contribution >= 0.6 is 0 Å². The van der Waals surface area contributed by atoms with Crippen LogP contribution in [0.15, 0.2) is 6.20 Å². The van der Waals surface area contributed by atoms with Crippen molar-refractivity contribution in [1.82, 2.24) is 15.1 Å². The third kappa shape index (κ3) is 3.16. The smallest absolute Gasteiger partial charge is 0.319 e. The van der Waals surface area contributed by atoms with Gasteiger partial charge in [0.15, 0.2) is 0 Å². The molecule has 1 unspecified atom stereocenters. The van der Waals surface area contributed by atoms with E-state index in [0.29, 0.717) is 24.4 Å². The van der Waals surface area contributed by atoms with Gasteiger partial charge in [0, 0.05) is 38.0 Å². The van der Waals surface area contributed by atoms with Crippen molar-refractivity contribution in [3.8, 4) is 0 Å². The quantitative estimate of drug-likeness (QED) is 0.898. The second-order valence-corrected chi connectivity index (χ2v) is 6.06. The van der Waals surface area contributed by atoms with Gasteiger partial charge in [-0.3, -0.25) is 4.68 Å². The molecule has 1 aromatic rings. The molecule has 1 heterocycles. The summed E-state index contributed by atoms with van der Waals surface area (Å²) in [6.07, 6.45) is 4.83. The number of aryl methyl sites for hydroxylation is 1. The summed E-state index contributed by atoms with van der Waals surface area (Å²) in [5.41, 5.74) is 1.56. The molecule has 2 amide bonds. The summed E-state index contributed by atoms with van der Waals surface area (Å²) in [7, 11) is 1.80. The molecule has 2 N–H and O–H groups in total. The molecule has 1 aromatic heterocycles. The summed E-state index contributed by atoms with van der Waals surface area (Å²) < 4.78 is 28.6. The van der Waals surface area contributed by atoms with Crippen LogP contribution in [-0.2, 0) is 7.05 Å². The monoisotopic (exact) mass is 298 g/mol. The maximum absolute atomic E-state index is 13.5. The molecule has 2 fully saturated rings. The van der Waals surface area contributed by atoms with Gasteiger partial charge in [-0.25, -0.2) is 13.6 Å². The highest BCUT2D eigenvalue weighted by atomic mass is 19.3. The minimum atomic E-state index is -2.65. The Balaban J connectivity index is 1.55. The number of anilines is 1. The molecule has 0 radical (unpaired) electrons. The number of rotatable bonds is 4. The second kappa shape index (κ2) is 5.27. The molecule has 2 saturated carbocycles. The standard InChI is InChI=1S/C14H20F2N4O/c1-20-8-11(12(19-20)9-4-5-9)18-13(21)17-7-10-3-2-6-14(10,15)16/h8-10H,2-7H2,1H3,(H2,17,18,21). The maximum Gasteiger partial charge on any atom is 0.319 e. The van der Waals surface area contributed by atoms with Crippen molar-refractivity contribution in [2.75, 3.05) is 11.9 Å². The zero-order valence-corrected chi connectivity index (χ0v) is 12.0. The number of hydrogen-bond donors (Lipinski definition) is 2. The van der Waals surface area contributed by atoms with Crippen molar-refractivity contribution in [2.24, 2.45) is 13.0 Å². The van der Waals surface area contributed by atoms with Gasteiger partial charge in [-0.05, 0) is 25.7 Å². The SMILES string of the molecule is Cn1cc(NC(=O)NCC2CCCC2(F)F)c(C2CC2)n1. The van der Waals surface area contributed by atoms with Gasteiger partial charge in [-0.2, -0.15) is 5.10 Å². The normalized spacial score (nSPS) is 24.0. The Morgan fingerprint density at radius 2 is 2.24 bits per heavy atom. The van der Waals surface area contributed by atoms with Gasteiger partial charge in [0.1, 0.15) is 0 Å². The third-order valence-corrected chi connectivity index (χ3v) is 4.24. The Labute approximate surface area is 122 Å². The highest BCUT2D eigenvalue weighted by Gasteiger charge is 2.43. The fourth-order valence-corrected chi connectivity index (χ4v) is 2.89. The van der Waals surface area contributed by atoms with Gasteiger partial charge in [0.2, 0.25) is 0 Å². The molecule has 0 aromatic carbocycles. The van der Waals surface area contributed by atoms with Crippen molar-refractivity contribution < 1.29 is 13.6 Å². The molecule has 2 aliphatic carbocycles.